The van der Waals surface area contributed by atoms with Gasteiger partial charge in [-0.3, -0.25) is 0 Å². The van der Waals surface area contributed by atoms with Gasteiger partial charge in [0, 0.05) is 6.61 Å². The minimum absolute atomic E-state index is 0.172. The molecule has 1 heterocycles. The van der Waals surface area contributed by atoms with E-state index >= 15 is 0 Å². The van der Waals surface area contributed by atoms with Crippen LogP contribution in [0, 0.1) is 28.6 Å². The lowest BCUT2D eigenvalue weighted by Gasteiger charge is -2.64. The first-order valence-electron chi connectivity index (χ1n) is 8.42. The Morgan fingerprint density at radius 2 is 1.68 bits per heavy atom. The van der Waals surface area contributed by atoms with Crippen LogP contribution in [0.5, 0.6) is 0 Å². The van der Waals surface area contributed by atoms with Crippen molar-refractivity contribution in [3.05, 3.63) is 0 Å². The van der Waals surface area contributed by atoms with Crippen LogP contribution in [0.2, 0.25) is 0 Å². The van der Waals surface area contributed by atoms with Crippen LogP contribution in [-0.4, -0.2) is 12.2 Å². The van der Waals surface area contributed by atoms with Gasteiger partial charge in [0.05, 0.1) is 5.60 Å². The van der Waals surface area contributed by atoms with Gasteiger partial charge in [-0.05, 0) is 67.6 Å². The van der Waals surface area contributed by atoms with Gasteiger partial charge in [-0.15, -0.1) is 0 Å². The fourth-order valence-corrected chi connectivity index (χ4v) is 6.10. The summed E-state index contributed by atoms with van der Waals surface area (Å²) in [6.45, 7) is 13.4. The summed E-state index contributed by atoms with van der Waals surface area (Å²) in [5, 5.41) is 0. The highest BCUT2D eigenvalue weighted by Crippen LogP contribution is 2.64. The number of hydrogen-bond acceptors (Lipinski definition) is 1. The third-order valence-corrected chi connectivity index (χ3v) is 7.07. The quantitative estimate of drug-likeness (QED) is 0.595. The molecular formula is C18H32O. The van der Waals surface area contributed by atoms with Crippen LogP contribution in [-0.2, 0) is 4.74 Å². The number of hydrogen-bond donors (Lipinski definition) is 0. The van der Waals surface area contributed by atoms with Gasteiger partial charge in [0.2, 0.25) is 0 Å². The molecule has 2 aliphatic carbocycles. The van der Waals surface area contributed by atoms with Crippen molar-refractivity contribution in [3.8, 4) is 0 Å². The smallest absolute Gasteiger partial charge is 0.0688 e. The molecule has 0 aromatic carbocycles. The Balaban J connectivity index is 1.96. The summed E-state index contributed by atoms with van der Waals surface area (Å²) in [5.41, 5.74) is 1.23. The zero-order chi connectivity index (χ0) is 13.9. The van der Waals surface area contributed by atoms with Gasteiger partial charge in [0.15, 0.2) is 0 Å². The lowest BCUT2D eigenvalue weighted by atomic mass is 9.44. The maximum Gasteiger partial charge on any atom is 0.0688 e. The Bertz CT molecular complexity index is 361. The van der Waals surface area contributed by atoms with Gasteiger partial charge in [-0.2, -0.15) is 0 Å². The molecule has 0 spiro atoms. The Morgan fingerprint density at radius 3 is 2.42 bits per heavy atom. The molecule has 110 valence electrons. The molecular weight excluding hydrogens is 232 g/mol. The Morgan fingerprint density at radius 1 is 0.947 bits per heavy atom. The third-order valence-electron chi connectivity index (χ3n) is 7.07. The van der Waals surface area contributed by atoms with Crippen LogP contribution in [0.15, 0.2) is 0 Å². The van der Waals surface area contributed by atoms with E-state index in [1.165, 1.54) is 38.5 Å². The van der Waals surface area contributed by atoms with E-state index in [0.717, 1.165) is 24.4 Å². The summed E-state index contributed by atoms with van der Waals surface area (Å²) in [6.07, 6.45) is 8.32. The van der Waals surface area contributed by atoms with E-state index < -0.39 is 0 Å². The molecule has 0 amide bonds. The van der Waals surface area contributed by atoms with Crippen molar-refractivity contribution < 1.29 is 4.74 Å². The summed E-state index contributed by atoms with van der Waals surface area (Å²) >= 11 is 0. The van der Waals surface area contributed by atoms with Crippen LogP contribution < -0.4 is 0 Å². The standard InChI is InChI=1S/C18H32O/c1-13-11-15-17(4)9-6-8-16(2,3)14(17)7-10-18(15,5)19-12-13/h13-15H,6-12H2,1-5H3/t13-,14-,15+,17-,18+/m0/s1. The van der Waals surface area contributed by atoms with Gasteiger partial charge in [0.25, 0.3) is 0 Å². The van der Waals surface area contributed by atoms with E-state index in [0.29, 0.717) is 10.8 Å². The molecule has 1 saturated heterocycles. The molecule has 0 aromatic rings. The minimum atomic E-state index is 0.172. The second-order valence-corrected chi connectivity index (χ2v) is 8.96. The molecule has 3 rings (SSSR count). The molecule has 1 nitrogen and oxygen atoms in total. The lowest BCUT2D eigenvalue weighted by molar-refractivity contribution is -0.223. The Kier molecular flexibility index (Phi) is 3.10. The zero-order valence-electron chi connectivity index (χ0n) is 13.6. The van der Waals surface area contributed by atoms with Crippen molar-refractivity contribution in [1.29, 1.82) is 0 Å². The van der Waals surface area contributed by atoms with Crippen molar-refractivity contribution in [2.24, 2.45) is 28.6 Å². The predicted octanol–water partition coefficient (Wildman–Crippen LogP) is 5.04. The van der Waals surface area contributed by atoms with Gasteiger partial charge < -0.3 is 4.74 Å². The van der Waals surface area contributed by atoms with E-state index in [2.05, 4.69) is 34.6 Å². The Hall–Kier alpha value is -0.0400. The topological polar surface area (TPSA) is 9.23 Å². The van der Waals surface area contributed by atoms with Crippen LogP contribution in [0.3, 0.4) is 0 Å². The molecule has 0 unspecified atom stereocenters. The summed E-state index contributed by atoms with van der Waals surface area (Å²) in [7, 11) is 0. The van der Waals surface area contributed by atoms with E-state index in [1.54, 1.807) is 0 Å². The SMILES string of the molecule is C[C@@H]1CO[C@]2(C)CC[C@H]3C(C)(C)CCC[C@]3(C)[C@H]2C1. The van der Waals surface area contributed by atoms with Gasteiger partial charge in [-0.1, -0.05) is 34.1 Å². The molecule has 0 bridgehead atoms. The van der Waals surface area contributed by atoms with E-state index in [9.17, 15) is 0 Å². The fraction of sp³-hybridized carbons (Fsp3) is 1.00. The average molecular weight is 264 g/mol. The van der Waals surface area contributed by atoms with Gasteiger partial charge in [0.1, 0.15) is 0 Å². The minimum Gasteiger partial charge on any atom is -0.375 e. The molecule has 19 heavy (non-hydrogen) atoms. The molecule has 0 N–H and O–H groups in total. The monoisotopic (exact) mass is 264 g/mol. The molecule has 2 saturated carbocycles. The molecule has 1 heteroatoms. The van der Waals surface area contributed by atoms with Crippen LogP contribution in [0.4, 0.5) is 0 Å². The predicted molar refractivity (Wildman–Crippen MR) is 80.1 cm³/mol. The van der Waals surface area contributed by atoms with Crippen molar-refractivity contribution in [2.45, 2.75) is 78.7 Å². The first-order valence-corrected chi connectivity index (χ1v) is 8.42. The summed E-state index contributed by atoms with van der Waals surface area (Å²) in [5.74, 6) is 2.43. The van der Waals surface area contributed by atoms with Crippen LogP contribution >= 0.6 is 0 Å². The maximum absolute atomic E-state index is 6.36. The van der Waals surface area contributed by atoms with Gasteiger partial charge in [-0.25, -0.2) is 0 Å². The normalized spacial score (nSPS) is 53.2. The third kappa shape index (κ3) is 1.99. The second kappa shape index (κ2) is 4.23. The number of ether oxygens (including phenoxy) is 1. The van der Waals surface area contributed by atoms with Crippen molar-refractivity contribution in [1.82, 2.24) is 0 Å². The highest BCUT2D eigenvalue weighted by atomic mass is 16.5. The van der Waals surface area contributed by atoms with E-state index in [4.69, 9.17) is 4.74 Å². The molecule has 3 fully saturated rings. The number of rotatable bonds is 0. The van der Waals surface area contributed by atoms with Crippen molar-refractivity contribution in [3.63, 3.8) is 0 Å². The summed E-state index contributed by atoms with van der Waals surface area (Å²) in [4.78, 5) is 0. The highest BCUT2D eigenvalue weighted by Gasteiger charge is 2.59. The van der Waals surface area contributed by atoms with Crippen LogP contribution in [0.25, 0.3) is 0 Å². The molecule has 3 aliphatic rings. The molecule has 1 aliphatic heterocycles. The van der Waals surface area contributed by atoms with Gasteiger partial charge >= 0.3 is 0 Å². The largest absolute Gasteiger partial charge is 0.375 e. The summed E-state index contributed by atoms with van der Waals surface area (Å²) in [6, 6.07) is 0. The Labute approximate surface area is 119 Å². The fourth-order valence-electron chi connectivity index (χ4n) is 6.10. The van der Waals surface area contributed by atoms with Crippen molar-refractivity contribution in [2.75, 3.05) is 6.61 Å². The molecule has 0 aromatic heterocycles. The highest BCUT2D eigenvalue weighted by molar-refractivity contribution is 5.09. The zero-order valence-corrected chi connectivity index (χ0v) is 13.6. The summed E-state index contributed by atoms with van der Waals surface area (Å²) < 4.78 is 6.36. The lowest BCUT2D eigenvalue weighted by Crippen LogP contribution is -2.60. The van der Waals surface area contributed by atoms with Crippen molar-refractivity contribution >= 4 is 0 Å². The van der Waals surface area contributed by atoms with E-state index in [-0.39, 0.29) is 5.60 Å². The maximum atomic E-state index is 6.36. The molecule has 5 atom stereocenters. The van der Waals surface area contributed by atoms with E-state index in [1.807, 2.05) is 0 Å². The number of fused-ring (bicyclic) bond motifs is 3. The first kappa shape index (κ1) is 13.9. The molecule has 0 radical (unpaired) electrons. The average Bonchev–Trinajstić information content (AvgIpc) is 2.30. The first-order chi connectivity index (χ1) is 8.78. The van der Waals surface area contributed by atoms with Crippen LogP contribution in [0.1, 0.15) is 73.1 Å². The second-order valence-electron chi connectivity index (χ2n) is 8.96.